The van der Waals surface area contributed by atoms with Gasteiger partial charge in [0.2, 0.25) is 0 Å². The van der Waals surface area contributed by atoms with Crippen molar-refractivity contribution >= 4 is 19.5 Å². The monoisotopic (exact) mass is 360 g/mol. The first kappa shape index (κ1) is 20.0. The second-order valence-electron chi connectivity index (χ2n) is 4.16. The number of carbonyl (C=O) groups is 1. The molecule has 0 aromatic heterocycles. The normalized spacial score (nSPS) is 11.9. The number of phosphoric ester groups is 1. The minimum atomic E-state index is -4.00. The number of methoxy groups -OCH3 is 2. The molecular weight excluding hydrogens is 341 g/mol. The van der Waals surface area contributed by atoms with Crippen LogP contribution in [-0.4, -0.2) is 39.1 Å². The molecule has 0 atom stereocenters. The Morgan fingerprint density at radius 1 is 1.12 bits per heavy atom. The van der Waals surface area contributed by atoms with Crippen molar-refractivity contribution in [1.29, 1.82) is 0 Å². The van der Waals surface area contributed by atoms with Crippen LogP contribution in [0.4, 0.5) is 0 Å². The Bertz CT molecular complexity index is 636. The Labute approximate surface area is 139 Å². The minimum Gasteiger partial charge on any atom is -0.543 e. The molecule has 0 amide bonds. The van der Waals surface area contributed by atoms with Gasteiger partial charge >= 0.3 is 7.82 Å². The third kappa shape index (κ3) is 5.23. The first-order valence-corrected chi connectivity index (χ1v) is 8.46. The van der Waals surface area contributed by atoms with Crippen LogP contribution < -0.4 is 14.6 Å². The van der Waals surface area contributed by atoms with Gasteiger partial charge in [-0.25, -0.2) is 4.57 Å². The Morgan fingerprint density at radius 3 is 2.17 bits per heavy atom. The zero-order valence-electron chi connectivity index (χ0n) is 13.8. The maximum absolute atomic E-state index is 12.2. The molecule has 0 saturated heterocycles. The lowest BCUT2D eigenvalue weighted by Gasteiger charge is -2.15. The van der Waals surface area contributed by atoms with Crippen LogP contribution in [0.5, 0.6) is 11.5 Å². The van der Waals surface area contributed by atoms with Gasteiger partial charge in [-0.3, -0.25) is 13.7 Å². The van der Waals surface area contributed by atoms with Crippen LogP contribution in [-0.2, 0) is 23.0 Å². The number of hydrogen-bond donors (Lipinski definition) is 0. The van der Waals surface area contributed by atoms with Crippen molar-refractivity contribution in [3.05, 3.63) is 23.8 Å². The number of carboxylic acids is 1. The lowest BCUT2D eigenvalue weighted by atomic mass is 10.1. The Balaban J connectivity index is 3.19. The van der Waals surface area contributed by atoms with E-state index in [4.69, 9.17) is 23.1 Å². The number of hydrogen-bond acceptors (Lipinski definition) is 9. The van der Waals surface area contributed by atoms with Crippen LogP contribution >= 0.6 is 7.82 Å². The Morgan fingerprint density at radius 2 is 1.71 bits per heavy atom. The van der Waals surface area contributed by atoms with Crippen molar-refractivity contribution in [2.45, 2.75) is 13.8 Å². The lowest BCUT2D eigenvalue weighted by molar-refractivity contribution is -0.294. The summed E-state index contributed by atoms with van der Waals surface area (Å²) < 4.78 is 36.8. The molecule has 10 heteroatoms. The number of nitrogens with zero attached hydrogens (tertiary/aromatic N) is 1. The van der Waals surface area contributed by atoms with Gasteiger partial charge in [0.15, 0.2) is 11.5 Å². The van der Waals surface area contributed by atoms with Crippen molar-refractivity contribution in [3.8, 4) is 11.5 Å². The molecule has 0 saturated carbocycles. The van der Waals surface area contributed by atoms with Gasteiger partial charge in [-0.05, 0) is 32.0 Å². The number of carboxylic acid groups (broad SMARTS) is 1. The van der Waals surface area contributed by atoms with Gasteiger partial charge in [0.25, 0.3) is 0 Å². The highest BCUT2D eigenvalue weighted by atomic mass is 31.2. The van der Waals surface area contributed by atoms with E-state index in [0.717, 1.165) is 0 Å². The summed E-state index contributed by atoms with van der Waals surface area (Å²) in [5, 5.41) is 14.7. The highest BCUT2D eigenvalue weighted by molar-refractivity contribution is 7.48. The first-order valence-electron chi connectivity index (χ1n) is 7.00. The van der Waals surface area contributed by atoms with Crippen molar-refractivity contribution in [1.82, 2.24) is 0 Å². The Hall–Kier alpha value is -2.09. The summed E-state index contributed by atoms with van der Waals surface area (Å²) in [6, 6.07) is 4.26. The Kier molecular flexibility index (Phi) is 7.70. The molecule has 0 unspecified atom stereocenters. The summed E-state index contributed by atoms with van der Waals surface area (Å²) >= 11 is 0. The molecule has 1 aromatic carbocycles. The predicted octanol–water partition coefficient (Wildman–Crippen LogP) is 1.36. The van der Waals surface area contributed by atoms with Crippen LogP contribution in [0.1, 0.15) is 19.4 Å². The molecule has 24 heavy (non-hydrogen) atoms. The number of ether oxygens (including phenoxy) is 2. The van der Waals surface area contributed by atoms with E-state index in [1.807, 2.05) is 0 Å². The van der Waals surface area contributed by atoms with E-state index in [1.165, 1.54) is 32.4 Å². The van der Waals surface area contributed by atoms with Gasteiger partial charge in [0, 0.05) is 5.56 Å². The molecule has 0 aliphatic carbocycles. The van der Waals surface area contributed by atoms with Gasteiger partial charge in [-0.1, -0.05) is 5.16 Å². The summed E-state index contributed by atoms with van der Waals surface area (Å²) in [6.45, 7) is 3.22. The number of carbonyl (C=O) groups excluding carboxylic acids is 1. The van der Waals surface area contributed by atoms with Crippen LogP contribution in [0, 0.1) is 0 Å². The fourth-order valence-corrected chi connectivity index (χ4v) is 2.67. The van der Waals surface area contributed by atoms with Gasteiger partial charge in [0.1, 0.15) is 5.71 Å². The molecule has 0 heterocycles. The standard InChI is InChI=1S/C14H20NO8P/c1-5-21-24(18,22-6-2)23-15-13(14(16)17)10-7-8-11(19-3)12(9-10)20-4/h7-9H,5-6H2,1-4H3,(H,16,17)/p-1/b15-13-. The zero-order chi connectivity index (χ0) is 18.2. The molecule has 9 nitrogen and oxygen atoms in total. The van der Waals surface area contributed by atoms with Crippen molar-refractivity contribution in [3.63, 3.8) is 0 Å². The predicted molar refractivity (Wildman–Crippen MR) is 83.0 cm³/mol. The first-order chi connectivity index (χ1) is 11.4. The van der Waals surface area contributed by atoms with Crippen LogP contribution in [0.3, 0.4) is 0 Å². The zero-order valence-corrected chi connectivity index (χ0v) is 14.7. The minimum absolute atomic E-state index is 0.0316. The van der Waals surface area contributed by atoms with E-state index in [-0.39, 0.29) is 24.5 Å². The molecule has 0 spiro atoms. The third-order valence-corrected chi connectivity index (χ3v) is 4.09. The topological polar surface area (TPSA) is 116 Å². The highest BCUT2D eigenvalue weighted by Crippen LogP contribution is 2.49. The second kappa shape index (κ2) is 9.27. The molecule has 0 N–H and O–H groups in total. The van der Waals surface area contributed by atoms with E-state index in [1.54, 1.807) is 13.8 Å². The van der Waals surface area contributed by atoms with E-state index in [9.17, 15) is 14.5 Å². The van der Waals surface area contributed by atoms with Crippen LogP contribution in [0.15, 0.2) is 23.4 Å². The summed E-state index contributed by atoms with van der Waals surface area (Å²) in [5.41, 5.74) is -0.497. The summed E-state index contributed by atoms with van der Waals surface area (Å²) in [5.74, 6) is -0.960. The number of oxime groups is 1. The third-order valence-electron chi connectivity index (χ3n) is 2.66. The largest absolute Gasteiger partial charge is 0.550 e. The van der Waals surface area contributed by atoms with Gasteiger partial charge in [-0.2, -0.15) is 0 Å². The molecular formula is C14H19NO8P-. The molecule has 0 aliphatic heterocycles. The average Bonchev–Trinajstić information content (AvgIpc) is 2.54. The molecule has 1 aromatic rings. The maximum Gasteiger partial charge on any atom is 0.550 e. The number of phosphoric acid groups is 1. The number of rotatable bonds is 10. The molecule has 0 radical (unpaired) electrons. The van der Waals surface area contributed by atoms with Gasteiger partial charge < -0.3 is 19.4 Å². The smallest absolute Gasteiger partial charge is 0.543 e. The van der Waals surface area contributed by atoms with Gasteiger partial charge in [-0.15, -0.1) is 0 Å². The molecule has 1 rings (SSSR count). The maximum atomic E-state index is 12.2. The lowest BCUT2D eigenvalue weighted by Crippen LogP contribution is -2.32. The van der Waals surface area contributed by atoms with E-state index in [0.29, 0.717) is 5.75 Å². The molecule has 0 fully saturated rings. The average molecular weight is 360 g/mol. The number of aliphatic carboxylic acids is 1. The molecule has 0 aliphatic rings. The van der Waals surface area contributed by atoms with Crippen molar-refractivity contribution in [2.75, 3.05) is 27.4 Å². The van der Waals surface area contributed by atoms with Crippen LogP contribution in [0.2, 0.25) is 0 Å². The summed E-state index contributed by atoms with van der Waals surface area (Å²) in [7, 11) is -1.17. The SMILES string of the molecule is CCOP(=O)(OCC)O/N=C(\C(=O)[O-])c1ccc(OC)c(OC)c1. The fraction of sp³-hybridized carbons (Fsp3) is 0.429. The van der Waals surface area contributed by atoms with Crippen LogP contribution in [0.25, 0.3) is 0 Å². The highest BCUT2D eigenvalue weighted by Gasteiger charge is 2.27. The quantitative estimate of drug-likeness (QED) is 0.349. The molecule has 134 valence electrons. The van der Waals surface area contributed by atoms with Crippen molar-refractivity contribution in [2.24, 2.45) is 5.16 Å². The fourth-order valence-electron chi connectivity index (χ4n) is 1.68. The summed E-state index contributed by atoms with van der Waals surface area (Å²) in [6.07, 6.45) is 0. The summed E-state index contributed by atoms with van der Waals surface area (Å²) in [4.78, 5) is 11.3. The number of benzene rings is 1. The van der Waals surface area contributed by atoms with E-state index >= 15 is 0 Å². The van der Waals surface area contributed by atoms with E-state index < -0.39 is 19.5 Å². The molecule has 0 bridgehead atoms. The van der Waals surface area contributed by atoms with Crippen molar-refractivity contribution < 1.29 is 37.6 Å². The van der Waals surface area contributed by atoms with E-state index in [2.05, 4.69) is 5.16 Å². The second-order valence-corrected chi connectivity index (χ2v) is 5.74. The van der Waals surface area contributed by atoms with Gasteiger partial charge in [0.05, 0.1) is 33.4 Å².